The number of methoxy groups -OCH3 is 1. The summed E-state index contributed by atoms with van der Waals surface area (Å²) in [4.78, 5) is 4.36. The van der Waals surface area contributed by atoms with Crippen molar-refractivity contribution in [2.75, 3.05) is 33.5 Å². The maximum absolute atomic E-state index is 5.54. The Labute approximate surface area is 126 Å². The molecule has 0 amide bonds. The molecule has 0 aromatic heterocycles. The second-order valence-electron chi connectivity index (χ2n) is 4.18. The third-order valence-corrected chi connectivity index (χ3v) is 2.69. The van der Waals surface area contributed by atoms with Gasteiger partial charge in [-0.15, -0.1) is 0 Å². The number of benzene rings is 1. The molecule has 0 aliphatic rings. The van der Waals surface area contributed by atoms with Crippen molar-refractivity contribution in [3.63, 3.8) is 0 Å². The molecule has 118 valence electrons. The van der Waals surface area contributed by atoms with E-state index in [1.54, 1.807) is 13.3 Å². The van der Waals surface area contributed by atoms with E-state index in [0.717, 1.165) is 17.1 Å². The Morgan fingerprint density at radius 3 is 2.33 bits per heavy atom. The summed E-state index contributed by atoms with van der Waals surface area (Å²) < 4.78 is 21.7. The van der Waals surface area contributed by atoms with Crippen molar-refractivity contribution >= 4 is 6.21 Å². The van der Waals surface area contributed by atoms with Crippen molar-refractivity contribution in [1.29, 1.82) is 0 Å². The normalized spacial score (nSPS) is 11.3. The van der Waals surface area contributed by atoms with Crippen LogP contribution in [0.1, 0.15) is 26.3 Å². The molecule has 1 rings (SSSR count). The number of aliphatic imine (C=N–C) groups is 1. The molecular weight excluding hydrogens is 270 g/mol. The molecule has 5 nitrogen and oxygen atoms in total. The van der Waals surface area contributed by atoms with Gasteiger partial charge in [-0.25, -0.2) is 0 Å². The van der Waals surface area contributed by atoms with E-state index in [9.17, 15) is 0 Å². The summed E-state index contributed by atoms with van der Waals surface area (Å²) in [6.07, 6.45) is 1.49. The van der Waals surface area contributed by atoms with Crippen molar-refractivity contribution in [2.45, 2.75) is 27.1 Å². The standard InChI is InChI=1S/C16H25NO4/c1-5-19-15-10-13(8-9-14(15)18-4)11-17-12-16(20-6-2)21-7-3/h8-11,16H,5-7,12H2,1-4H3. The van der Waals surface area contributed by atoms with E-state index >= 15 is 0 Å². The summed E-state index contributed by atoms with van der Waals surface area (Å²) >= 11 is 0. The van der Waals surface area contributed by atoms with Gasteiger partial charge in [0.2, 0.25) is 0 Å². The molecule has 5 heteroatoms. The van der Waals surface area contributed by atoms with Gasteiger partial charge in [0, 0.05) is 19.4 Å². The van der Waals surface area contributed by atoms with Gasteiger partial charge in [-0.05, 0) is 44.5 Å². The molecule has 0 unspecified atom stereocenters. The molecule has 0 atom stereocenters. The van der Waals surface area contributed by atoms with E-state index in [1.165, 1.54) is 0 Å². The van der Waals surface area contributed by atoms with Gasteiger partial charge in [-0.3, -0.25) is 4.99 Å². The lowest BCUT2D eigenvalue weighted by molar-refractivity contribution is -0.128. The Morgan fingerprint density at radius 1 is 1.05 bits per heavy atom. The number of ether oxygens (including phenoxy) is 4. The zero-order valence-corrected chi connectivity index (χ0v) is 13.3. The highest BCUT2D eigenvalue weighted by Crippen LogP contribution is 2.27. The van der Waals surface area contributed by atoms with Crippen molar-refractivity contribution in [2.24, 2.45) is 4.99 Å². The Hall–Kier alpha value is -1.59. The quantitative estimate of drug-likeness (QED) is 0.492. The highest BCUT2D eigenvalue weighted by Gasteiger charge is 2.06. The molecule has 0 N–H and O–H groups in total. The van der Waals surface area contributed by atoms with Gasteiger partial charge in [-0.2, -0.15) is 0 Å². The van der Waals surface area contributed by atoms with E-state index in [-0.39, 0.29) is 6.29 Å². The summed E-state index contributed by atoms with van der Waals surface area (Å²) in [5.74, 6) is 1.44. The minimum absolute atomic E-state index is 0.291. The van der Waals surface area contributed by atoms with Crippen molar-refractivity contribution < 1.29 is 18.9 Å². The van der Waals surface area contributed by atoms with E-state index in [1.807, 2.05) is 39.0 Å². The van der Waals surface area contributed by atoms with E-state index < -0.39 is 0 Å². The second-order valence-corrected chi connectivity index (χ2v) is 4.18. The molecule has 0 saturated carbocycles. The Bertz CT molecular complexity index is 428. The number of nitrogens with zero attached hydrogens (tertiary/aromatic N) is 1. The van der Waals surface area contributed by atoms with Gasteiger partial charge >= 0.3 is 0 Å². The van der Waals surface area contributed by atoms with Crippen LogP contribution in [0.15, 0.2) is 23.2 Å². The van der Waals surface area contributed by atoms with Crippen LogP contribution in [0.25, 0.3) is 0 Å². The van der Waals surface area contributed by atoms with Crippen LogP contribution in [0.2, 0.25) is 0 Å². The summed E-state index contributed by atoms with van der Waals surface area (Å²) in [7, 11) is 1.63. The molecule has 1 aromatic carbocycles. The summed E-state index contributed by atoms with van der Waals surface area (Å²) in [6.45, 7) is 8.09. The van der Waals surface area contributed by atoms with Gasteiger partial charge in [-0.1, -0.05) is 0 Å². The molecule has 0 spiro atoms. The number of rotatable bonds is 10. The number of hydrogen-bond donors (Lipinski definition) is 0. The third-order valence-electron chi connectivity index (χ3n) is 2.69. The molecule has 0 aliphatic heterocycles. The van der Waals surface area contributed by atoms with Crippen LogP contribution in [-0.4, -0.2) is 46.0 Å². The van der Waals surface area contributed by atoms with E-state index in [0.29, 0.717) is 26.4 Å². The first-order valence-electron chi connectivity index (χ1n) is 7.28. The van der Waals surface area contributed by atoms with Gasteiger partial charge < -0.3 is 18.9 Å². The molecule has 0 saturated heterocycles. The van der Waals surface area contributed by atoms with Crippen LogP contribution >= 0.6 is 0 Å². The molecule has 21 heavy (non-hydrogen) atoms. The molecule has 0 aliphatic carbocycles. The SMILES string of the molecule is CCOc1cc(C=NCC(OCC)OCC)ccc1OC. The zero-order chi connectivity index (χ0) is 15.5. The van der Waals surface area contributed by atoms with Gasteiger partial charge in [0.05, 0.1) is 20.3 Å². The van der Waals surface area contributed by atoms with Crippen LogP contribution in [0.3, 0.4) is 0 Å². The Balaban J connectivity index is 2.68. The Kier molecular flexibility index (Phi) is 8.47. The lowest BCUT2D eigenvalue weighted by Crippen LogP contribution is -2.20. The fraction of sp³-hybridized carbons (Fsp3) is 0.562. The highest BCUT2D eigenvalue weighted by atomic mass is 16.7. The first kappa shape index (κ1) is 17.5. The highest BCUT2D eigenvalue weighted by molar-refractivity contribution is 5.80. The topological polar surface area (TPSA) is 49.3 Å². The first-order valence-corrected chi connectivity index (χ1v) is 7.28. The molecule has 0 bridgehead atoms. The third kappa shape index (κ3) is 6.14. The fourth-order valence-corrected chi connectivity index (χ4v) is 1.81. The van der Waals surface area contributed by atoms with Crippen LogP contribution in [-0.2, 0) is 9.47 Å². The minimum Gasteiger partial charge on any atom is -0.493 e. The molecule has 0 heterocycles. The lowest BCUT2D eigenvalue weighted by atomic mass is 10.2. The monoisotopic (exact) mass is 295 g/mol. The first-order chi connectivity index (χ1) is 10.2. The molecule has 1 aromatic rings. The van der Waals surface area contributed by atoms with Crippen LogP contribution in [0.5, 0.6) is 11.5 Å². The summed E-state index contributed by atoms with van der Waals surface area (Å²) in [6, 6.07) is 5.71. The molecule has 0 radical (unpaired) electrons. The fourth-order valence-electron chi connectivity index (χ4n) is 1.81. The molecular formula is C16H25NO4. The van der Waals surface area contributed by atoms with E-state index in [2.05, 4.69) is 4.99 Å². The van der Waals surface area contributed by atoms with Crippen LogP contribution in [0.4, 0.5) is 0 Å². The average molecular weight is 295 g/mol. The van der Waals surface area contributed by atoms with Crippen molar-refractivity contribution in [3.8, 4) is 11.5 Å². The maximum Gasteiger partial charge on any atom is 0.176 e. The summed E-state index contributed by atoms with van der Waals surface area (Å²) in [5, 5.41) is 0. The van der Waals surface area contributed by atoms with Crippen LogP contribution in [0, 0.1) is 0 Å². The lowest BCUT2D eigenvalue weighted by Gasteiger charge is -2.14. The zero-order valence-electron chi connectivity index (χ0n) is 13.3. The largest absolute Gasteiger partial charge is 0.493 e. The van der Waals surface area contributed by atoms with E-state index in [4.69, 9.17) is 18.9 Å². The summed E-state index contributed by atoms with van der Waals surface area (Å²) in [5.41, 5.74) is 0.950. The maximum atomic E-state index is 5.54. The minimum atomic E-state index is -0.291. The molecule has 0 fully saturated rings. The smallest absolute Gasteiger partial charge is 0.176 e. The van der Waals surface area contributed by atoms with Gasteiger partial charge in [0.25, 0.3) is 0 Å². The predicted molar refractivity (Wildman–Crippen MR) is 83.7 cm³/mol. The van der Waals surface area contributed by atoms with Gasteiger partial charge in [0.1, 0.15) is 0 Å². The van der Waals surface area contributed by atoms with Crippen LogP contribution < -0.4 is 9.47 Å². The van der Waals surface area contributed by atoms with Gasteiger partial charge in [0.15, 0.2) is 17.8 Å². The second kappa shape index (κ2) is 10.2. The number of hydrogen-bond acceptors (Lipinski definition) is 5. The van der Waals surface area contributed by atoms with Crippen molar-refractivity contribution in [1.82, 2.24) is 0 Å². The average Bonchev–Trinajstić information content (AvgIpc) is 2.48. The predicted octanol–water partition coefficient (Wildman–Crippen LogP) is 2.91. The Morgan fingerprint density at radius 2 is 1.76 bits per heavy atom. The van der Waals surface area contributed by atoms with Crippen molar-refractivity contribution in [3.05, 3.63) is 23.8 Å².